The van der Waals surface area contributed by atoms with E-state index in [4.69, 9.17) is 11.6 Å². The number of rotatable bonds is 6. The molecule has 4 rings (SSSR count). The van der Waals surface area contributed by atoms with Crippen molar-refractivity contribution >= 4 is 76.8 Å². The number of aromatic nitrogens is 1. The van der Waals surface area contributed by atoms with Crippen LogP contribution in [0.1, 0.15) is 5.56 Å². The van der Waals surface area contributed by atoms with E-state index in [9.17, 15) is 21.6 Å². The summed E-state index contributed by atoms with van der Waals surface area (Å²) in [6.45, 7) is 1.67. The monoisotopic (exact) mass is 529 g/mol. The predicted molar refractivity (Wildman–Crippen MR) is 129 cm³/mol. The first-order valence-corrected chi connectivity index (χ1v) is 14.0. The predicted octanol–water partition coefficient (Wildman–Crippen LogP) is 4.22. The van der Waals surface area contributed by atoms with Gasteiger partial charge in [-0.25, -0.2) is 16.8 Å². The van der Waals surface area contributed by atoms with E-state index >= 15 is 0 Å². The van der Waals surface area contributed by atoms with Crippen LogP contribution in [0.4, 0.5) is 11.4 Å². The minimum atomic E-state index is -4.16. The Balaban J connectivity index is 1.76. The molecule has 168 valence electrons. The third-order valence-electron chi connectivity index (χ3n) is 4.60. The molecule has 8 nitrogen and oxygen atoms in total. The summed E-state index contributed by atoms with van der Waals surface area (Å²) in [5, 5.41) is 2.15. The van der Waals surface area contributed by atoms with E-state index in [2.05, 4.69) is 9.44 Å². The maximum atomic E-state index is 13.1. The zero-order valence-corrected chi connectivity index (χ0v) is 20.6. The van der Waals surface area contributed by atoms with Crippen molar-refractivity contribution in [3.63, 3.8) is 0 Å². The lowest BCUT2D eigenvalue weighted by Crippen LogP contribution is -2.17. The third kappa shape index (κ3) is 4.28. The quantitative estimate of drug-likeness (QED) is 0.388. The summed E-state index contributed by atoms with van der Waals surface area (Å²) in [6, 6.07) is 10.0. The molecule has 0 saturated carbocycles. The van der Waals surface area contributed by atoms with Crippen LogP contribution in [0.2, 0.25) is 5.02 Å². The molecule has 0 aliphatic carbocycles. The summed E-state index contributed by atoms with van der Waals surface area (Å²) in [4.78, 5) is 12.0. The van der Waals surface area contributed by atoms with Gasteiger partial charge in [0.05, 0.1) is 27.2 Å². The zero-order chi connectivity index (χ0) is 23.3. The van der Waals surface area contributed by atoms with Crippen LogP contribution in [0, 0.1) is 6.92 Å². The second-order valence-corrected chi connectivity index (χ2v) is 12.9. The molecule has 2 aromatic carbocycles. The van der Waals surface area contributed by atoms with Gasteiger partial charge in [0.25, 0.3) is 24.8 Å². The Morgan fingerprint density at radius 2 is 1.66 bits per heavy atom. The fourth-order valence-corrected chi connectivity index (χ4v) is 7.10. The van der Waals surface area contributed by atoms with Crippen LogP contribution in [0.15, 0.2) is 61.7 Å². The highest BCUT2D eigenvalue weighted by Crippen LogP contribution is 2.33. The molecule has 0 atom stereocenters. The van der Waals surface area contributed by atoms with E-state index in [1.165, 1.54) is 30.3 Å². The van der Waals surface area contributed by atoms with Gasteiger partial charge in [-0.1, -0.05) is 17.7 Å². The number of nitrogens with one attached hydrogen (secondary N) is 2. The number of thiophene rings is 1. The Morgan fingerprint density at radius 1 is 0.969 bits per heavy atom. The van der Waals surface area contributed by atoms with Crippen molar-refractivity contribution in [2.24, 2.45) is 7.05 Å². The van der Waals surface area contributed by atoms with Crippen LogP contribution in [0.5, 0.6) is 0 Å². The Morgan fingerprint density at radius 3 is 2.34 bits per heavy atom. The largest absolute Gasteiger partial charge is 0.297 e. The van der Waals surface area contributed by atoms with Gasteiger partial charge in [-0.3, -0.25) is 18.2 Å². The van der Waals surface area contributed by atoms with Gasteiger partial charge in [-0.2, -0.15) is 0 Å². The van der Waals surface area contributed by atoms with Gasteiger partial charge >= 0.3 is 0 Å². The Bertz CT molecular complexity index is 1600. The molecule has 0 saturated heterocycles. The van der Waals surface area contributed by atoms with Crippen LogP contribution >= 0.6 is 34.5 Å². The number of anilines is 2. The van der Waals surface area contributed by atoms with Crippen molar-refractivity contribution in [1.29, 1.82) is 0 Å². The smallest absolute Gasteiger partial charge is 0.271 e. The lowest BCUT2D eigenvalue weighted by molar-refractivity contribution is 0.599. The van der Waals surface area contributed by atoms with E-state index in [1.54, 1.807) is 35.4 Å². The zero-order valence-electron chi connectivity index (χ0n) is 16.6. The van der Waals surface area contributed by atoms with E-state index in [0.29, 0.717) is 11.1 Å². The maximum absolute atomic E-state index is 13.1. The summed E-state index contributed by atoms with van der Waals surface area (Å²) in [6.07, 6.45) is 0. The van der Waals surface area contributed by atoms with E-state index in [0.717, 1.165) is 22.9 Å². The topological polar surface area (TPSA) is 114 Å². The molecule has 0 unspecified atom stereocenters. The molecule has 13 heteroatoms. The van der Waals surface area contributed by atoms with Crippen molar-refractivity contribution < 1.29 is 16.8 Å². The van der Waals surface area contributed by atoms with Crippen molar-refractivity contribution in [3.05, 3.63) is 68.0 Å². The van der Waals surface area contributed by atoms with E-state index in [-0.39, 0.29) is 35.6 Å². The van der Waals surface area contributed by atoms with Crippen molar-refractivity contribution in [1.82, 2.24) is 3.96 Å². The molecular formula is C19H16ClN3O5S4. The van der Waals surface area contributed by atoms with E-state index < -0.39 is 20.0 Å². The highest BCUT2D eigenvalue weighted by Gasteiger charge is 2.22. The summed E-state index contributed by atoms with van der Waals surface area (Å²) < 4.78 is 57.8. The van der Waals surface area contributed by atoms with Gasteiger partial charge in [0, 0.05) is 12.1 Å². The number of hydrogen-bond acceptors (Lipinski definition) is 7. The number of aryl methyl sites for hydroxylation is 2. The van der Waals surface area contributed by atoms with Gasteiger partial charge in [-0.05, 0) is 65.8 Å². The minimum Gasteiger partial charge on any atom is -0.297 e. The Kier molecular flexibility index (Phi) is 5.84. The summed E-state index contributed by atoms with van der Waals surface area (Å²) >= 11 is 8.18. The summed E-state index contributed by atoms with van der Waals surface area (Å²) in [5.74, 6) is 0. The molecule has 32 heavy (non-hydrogen) atoms. The fraction of sp³-hybridized carbons (Fsp3) is 0.105. The highest BCUT2D eigenvalue weighted by atomic mass is 35.5. The summed E-state index contributed by atoms with van der Waals surface area (Å²) in [5.41, 5.74) is 1.15. The number of benzene rings is 2. The van der Waals surface area contributed by atoms with Crippen molar-refractivity contribution in [2.45, 2.75) is 16.0 Å². The number of hydrogen-bond donors (Lipinski definition) is 2. The first kappa shape index (κ1) is 22.8. The van der Waals surface area contributed by atoms with E-state index in [1.807, 2.05) is 0 Å². The molecule has 0 fully saturated rings. The maximum Gasteiger partial charge on any atom is 0.271 e. The molecule has 0 amide bonds. The minimum absolute atomic E-state index is 0.0244. The molecule has 4 aromatic rings. The van der Waals surface area contributed by atoms with Crippen LogP contribution in [-0.4, -0.2) is 20.8 Å². The Labute approximate surface area is 197 Å². The van der Waals surface area contributed by atoms with Crippen LogP contribution in [0.25, 0.3) is 10.9 Å². The van der Waals surface area contributed by atoms with Crippen LogP contribution in [0.3, 0.4) is 0 Å². The van der Waals surface area contributed by atoms with Gasteiger partial charge in [-0.15, -0.1) is 11.3 Å². The third-order valence-corrected chi connectivity index (χ3v) is 9.99. The molecule has 2 N–H and O–H groups in total. The SMILES string of the molecule is Cc1cc(NS(=O)(=O)c2cccs2)c(NS(=O)(=O)c2ccc3c(c2)c(=O)sn3C)cc1Cl. The first-order valence-electron chi connectivity index (χ1n) is 8.97. The van der Waals surface area contributed by atoms with Gasteiger partial charge < -0.3 is 0 Å². The second kappa shape index (κ2) is 8.19. The van der Waals surface area contributed by atoms with Gasteiger partial charge in [0.2, 0.25) is 0 Å². The number of fused-ring (bicyclic) bond motifs is 1. The van der Waals surface area contributed by atoms with Crippen molar-refractivity contribution in [2.75, 3.05) is 9.44 Å². The highest BCUT2D eigenvalue weighted by molar-refractivity contribution is 7.94. The molecule has 0 spiro atoms. The van der Waals surface area contributed by atoms with Gasteiger partial charge in [0.15, 0.2) is 0 Å². The van der Waals surface area contributed by atoms with Crippen LogP contribution < -0.4 is 14.2 Å². The lowest BCUT2D eigenvalue weighted by Gasteiger charge is -2.16. The molecule has 0 aliphatic heterocycles. The number of halogens is 1. The number of nitrogens with zero attached hydrogens (tertiary/aromatic N) is 1. The first-order chi connectivity index (χ1) is 15.0. The average Bonchev–Trinajstić information content (AvgIpc) is 3.35. The normalized spacial score (nSPS) is 12.2. The standard InChI is InChI=1S/C19H16ClN3O5S4/c1-11-8-15(22-32(27,28)18-4-3-7-29-18)16(10-14(11)20)21-31(25,26)12-5-6-17-13(9-12)19(24)30-23(17)2/h3-10,21-22H,1-2H3. The average molecular weight is 530 g/mol. The molecule has 2 aromatic heterocycles. The van der Waals surface area contributed by atoms with Crippen molar-refractivity contribution in [3.8, 4) is 0 Å². The van der Waals surface area contributed by atoms with Gasteiger partial charge in [0.1, 0.15) is 4.21 Å². The molecular weight excluding hydrogens is 514 g/mol. The number of sulfonamides is 2. The Hall–Kier alpha value is -2.38. The fourth-order valence-electron chi connectivity index (χ4n) is 3.01. The second-order valence-electron chi connectivity index (χ2n) is 6.85. The molecule has 2 heterocycles. The molecule has 0 radical (unpaired) electrons. The molecule has 0 bridgehead atoms. The molecule has 0 aliphatic rings. The van der Waals surface area contributed by atoms with Crippen LogP contribution in [-0.2, 0) is 27.1 Å². The lowest BCUT2D eigenvalue weighted by atomic mass is 10.2. The summed E-state index contributed by atoms with van der Waals surface area (Å²) in [7, 11) is -6.37.